The molecule has 0 aromatic carbocycles. The Kier molecular flexibility index (Phi) is 7.08. The molecule has 0 unspecified atom stereocenters. The predicted molar refractivity (Wildman–Crippen MR) is 93.6 cm³/mol. The highest BCUT2D eigenvalue weighted by atomic mass is 19.4. The summed E-state index contributed by atoms with van der Waals surface area (Å²) < 4.78 is 86.2. The summed E-state index contributed by atoms with van der Waals surface area (Å²) in [5.41, 5.74) is 2.27. The Balaban J connectivity index is 2.12. The number of likely N-dealkylation sites (tertiary alicyclic amines) is 1. The van der Waals surface area contributed by atoms with Crippen LogP contribution in [0.15, 0.2) is 12.1 Å². The number of pyridine rings is 1. The Bertz CT molecular complexity index is 825. The van der Waals surface area contributed by atoms with Gasteiger partial charge in [0.15, 0.2) is 5.60 Å². The number of amides is 1. The average molecular weight is 457 g/mol. The third-order valence-electron chi connectivity index (χ3n) is 4.43. The molecule has 1 saturated heterocycles. The molecule has 1 amide bonds. The molecule has 2 rings (SSSR count). The molecule has 0 bridgehead atoms. The lowest BCUT2D eigenvalue weighted by Gasteiger charge is -2.37. The summed E-state index contributed by atoms with van der Waals surface area (Å²) >= 11 is 0. The lowest BCUT2D eigenvalue weighted by atomic mass is 10.0. The number of nitrogens with zero attached hydrogens (tertiary/aromatic N) is 2. The van der Waals surface area contributed by atoms with E-state index in [1.165, 1.54) is 6.07 Å². The molecule has 0 aliphatic carbocycles. The van der Waals surface area contributed by atoms with E-state index in [0.29, 0.717) is 12.8 Å². The molecular formula is C18H21F6N3O4. The van der Waals surface area contributed by atoms with Crippen molar-refractivity contribution in [2.45, 2.75) is 57.3 Å². The van der Waals surface area contributed by atoms with Gasteiger partial charge in [0.05, 0.1) is 6.54 Å². The molecule has 31 heavy (non-hydrogen) atoms. The normalized spacial score (nSPS) is 18.0. The zero-order valence-corrected chi connectivity index (χ0v) is 16.6. The van der Waals surface area contributed by atoms with Gasteiger partial charge < -0.3 is 20.1 Å². The van der Waals surface area contributed by atoms with Gasteiger partial charge in [-0.05, 0) is 38.3 Å². The fourth-order valence-corrected chi connectivity index (χ4v) is 2.99. The minimum atomic E-state index is -5.26. The summed E-state index contributed by atoms with van der Waals surface area (Å²) in [5.74, 6) is -3.73. The number of esters is 1. The zero-order valence-electron chi connectivity index (χ0n) is 16.6. The number of carbonyl (C=O) groups excluding carboxylic acids is 2. The number of nitrogens with two attached hydrogens (primary N) is 1. The summed E-state index contributed by atoms with van der Waals surface area (Å²) in [5, 5.41) is 0. The summed E-state index contributed by atoms with van der Waals surface area (Å²) in [7, 11) is 0. The lowest BCUT2D eigenvalue weighted by molar-refractivity contribution is -0.213. The van der Waals surface area contributed by atoms with Gasteiger partial charge in [0.2, 0.25) is 5.88 Å². The number of ether oxygens (including phenoxy) is 2. The van der Waals surface area contributed by atoms with Gasteiger partial charge >= 0.3 is 18.3 Å². The first-order valence-electron chi connectivity index (χ1n) is 9.18. The van der Waals surface area contributed by atoms with Gasteiger partial charge in [-0.3, -0.25) is 4.79 Å². The molecule has 1 atom stereocenters. The molecule has 1 fully saturated rings. The highest BCUT2D eigenvalue weighted by molar-refractivity contribution is 5.88. The Hall–Kier alpha value is -2.57. The highest BCUT2D eigenvalue weighted by Crippen LogP contribution is 2.31. The number of carbonyl (C=O) groups is 2. The molecule has 1 aromatic heterocycles. The predicted octanol–water partition coefficient (Wildman–Crippen LogP) is 2.81. The van der Waals surface area contributed by atoms with Crippen LogP contribution in [0, 0.1) is 0 Å². The van der Waals surface area contributed by atoms with E-state index in [0.717, 1.165) is 24.8 Å². The number of aromatic nitrogens is 1. The number of hydrogen-bond acceptors (Lipinski definition) is 6. The molecule has 7 nitrogen and oxygen atoms in total. The van der Waals surface area contributed by atoms with Gasteiger partial charge in [-0.25, -0.2) is 9.78 Å². The number of halogens is 6. The molecule has 1 aliphatic heterocycles. The van der Waals surface area contributed by atoms with Crippen LogP contribution in [0.25, 0.3) is 0 Å². The van der Waals surface area contributed by atoms with Gasteiger partial charge in [-0.15, -0.1) is 0 Å². The topological polar surface area (TPSA) is 94.8 Å². The molecule has 1 aliphatic rings. The van der Waals surface area contributed by atoms with Gasteiger partial charge in [0.25, 0.3) is 5.91 Å². The van der Waals surface area contributed by atoms with Gasteiger partial charge in [0, 0.05) is 19.2 Å². The second kappa shape index (κ2) is 8.89. The van der Waals surface area contributed by atoms with E-state index in [9.17, 15) is 35.9 Å². The standard InChI is InChI=1S/C18H21F6N3O4/c1-16(2,31-15(29)18(22,23)24)14(28)27-5-3-4-11(9-27)30-13-7-10(8-25)6-12(26-13)17(19,20)21/h6-7,11H,3-5,8-9,25H2,1-2H3/t11-/m0/s1. The van der Waals surface area contributed by atoms with E-state index < -0.39 is 41.6 Å². The molecule has 0 radical (unpaired) electrons. The van der Waals surface area contributed by atoms with Crippen molar-refractivity contribution in [1.82, 2.24) is 9.88 Å². The molecule has 2 heterocycles. The van der Waals surface area contributed by atoms with E-state index in [1.54, 1.807) is 0 Å². The van der Waals surface area contributed by atoms with Crippen molar-refractivity contribution in [2.75, 3.05) is 13.1 Å². The van der Waals surface area contributed by atoms with Crippen molar-refractivity contribution in [3.8, 4) is 5.88 Å². The number of alkyl halides is 6. The number of rotatable bonds is 5. The zero-order chi connectivity index (χ0) is 23.6. The highest BCUT2D eigenvalue weighted by Gasteiger charge is 2.47. The summed E-state index contributed by atoms with van der Waals surface area (Å²) in [4.78, 5) is 28.3. The van der Waals surface area contributed by atoms with Crippen LogP contribution in [-0.4, -0.2) is 52.7 Å². The monoisotopic (exact) mass is 457 g/mol. The van der Waals surface area contributed by atoms with Crippen LogP contribution in [0.2, 0.25) is 0 Å². The van der Waals surface area contributed by atoms with Crippen LogP contribution in [0.3, 0.4) is 0 Å². The summed E-state index contributed by atoms with van der Waals surface area (Å²) in [6.45, 7) is 1.87. The number of hydrogen-bond donors (Lipinski definition) is 1. The average Bonchev–Trinajstić information content (AvgIpc) is 2.65. The van der Waals surface area contributed by atoms with E-state index >= 15 is 0 Å². The van der Waals surface area contributed by atoms with Gasteiger partial charge in [-0.2, -0.15) is 26.3 Å². The molecule has 2 N–H and O–H groups in total. The van der Waals surface area contributed by atoms with Crippen LogP contribution < -0.4 is 10.5 Å². The van der Waals surface area contributed by atoms with E-state index in [4.69, 9.17) is 10.5 Å². The van der Waals surface area contributed by atoms with Crippen molar-refractivity contribution < 1.29 is 45.4 Å². The van der Waals surface area contributed by atoms with Crippen LogP contribution in [0.4, 0.5) is 26.3 Å². The first-order chi connectivity index (χ1) is 14.1. The van der Waals surface area contributed by atoms with Crippen LogP contribution >= 0.6 is 0 Å². The maximum atomic E-state index is 13.0. The Morgan fingerprint density at radius 2 is 1.84 bits per heavy atom. The van der Waals surface area contributed by atoms with Crippen LogP contribution in [-0.2, 0) is 27.0 Å². The van der Waals surface area contributed by atoms with Crippen molar-refractivity contribution in [3.05, 3.63) is 23.4 Å². The third-order valence-corrected chi connectivity index (χ3v) is 4.43. The molecule has 174 valence electrons. The van der Waals surface area contributed by atoms with Gasteiger partial charge in [-0.1, -0.05) is 0 Å². The quantitative estimate of drug-likeness (QED) is 0.540. The fourth-order valence-electron chi connectivity index (χ4n) is 2.99. The van der Waals surface area contributed by atoms with Crippen molar-refractivity contribution >= 4 is 11.9 Å². The largest absolute Gasteiger partial charge is 0.490 e. The Morgan fingerprint density at radius 1 is 1.19 bits per heavy atom. The Labute approximate surface area is 173 Å². The van der Waals surface area contributed by atoms with Crippen molar-refractivity contribution in [2.24, 2.45) is 5.73 Å². The fraction of sp³-hybridized carbons (Fsp3) is 0.611. The molecule has 0 spiro atoms. The smallest absolute Gasteiger partial charge is 0.472 e. The van der Waals surface area contributed by atoms with Crippen LogP contribution in [0.1, 0.15) is 37.9 Å². The second-order valence-corrected chi connectivity index (χ2v) is 7.43. The van der Waals surface area contributed by atoms with E-state index in [2.05, 4.69) is 9.72 Å². The SMILES string of the molecule is CC(C)(OC(=O)C(F)(F)F)C(=O)N1CCC[C@H](Oc2cc(CN)cc(C(F)(F)F)n2)C1. The molecule has 13 heteroatoms. The summed E-state index contributed by atoms with van der Waals surface area (Å²) in [6, 6.07) is 2.03. The first-order valence-corrected chi connectivity index (χ1v) is 9.18. The molecule has 1 aromatic rings. The van der Waals surface area contributed by atoms with Crippen molar-refractivity contribution in [3.63, 3.8) is 0 Å². The minimum Gasteiger partial charge on any atom is -0.472 e. The second-order valence-electron chi connectivity index (χ2n) is 7.43. The van der Waals surface area contributed by atoms with Crippen molar-refractivity contribution in [1.29, 1.82) is 0 Å². The minimum absolute atomic E-state index is 0.137. The lowest BCUT2D eigenvalue weighted by Crippen LogP contribution is -2.54. The Morgan fingerprint density at radius 3 is 2.39 bits per heavy atom. The molecular weight excluding hydrogens is 436 g/mol. The maximum Gasteiger partial charge on any atom is 0.490 e. The third kappa shape index (κ3) is 6.45. The van der Waals surface area contributed by atoms with Gasteiger partial charge in [0.1, 0.15) is 11.8 Å². The molecule has 0 saturated carbocycles. The summed E-state index contributed by atoms with van der Waals surface area (Å²) in [6.07, 6.45) is -10.0. The van der Waals surface area contributed by atoms with E-state index in [-0.39, 0.29) is 31.1 Å². The van der Waals surface area contributed by atoms with E-state index in [1.807, 2.05) is 0 Å². The maximum absolute atomic E-state index is 13.0. The first kappa shape index (κ1) is 24.7. The van der Waals surface area contributed by atoms with Crippen LogP contribution in [0.5, 0.6) is 5.88 Å². The number of piperidine rings is 1.